The van der Waals surface area contributed by atoms with Crippen LogP contribution in [-0.4, -0.2) is 0 Å². The smallest absolute Gasteiger partial charge is 0.0248 e. The summed E-state index contributed by atoms with van der Waals surface area (Å²) < 4.78 is 0. The van der Waals surface area contributed by atoms with E-state index in [0.717, 1.165) is 34.8 Å². The molecule has 0 aromatic heterocycles. The molecule has 0 saturated carbocycles. The van der Waals surface area contributed by atoms with E-state index in [2.05, 4.69) is 102 Å². The average molecular weight is 523 g/mol. The van der Waals surface area contributed by atoms with E-state index < -0.39 is 0 Å². The van der Waals surface area contributed by atoms with Crippen LogP contribution in [0.3, 0.4) is 0 Å². The van der Waals surface area contributed by atoms with Crippen LogP contribution in [0, 0.1) is 47.4 Å². The number of hydrogen-bond acceptors (Lipinski definition) is 0. The highest BCUT2D eigenvalue weighted by atomic mass is 14.5. The second-order valence-electron chi connectivity index (χ2n) is 13.3. The molecule has 0 heteroatoms. The highest BCUT2D eigenvalue weighted by Crippen LogP contribution is 2.55. The number of benzene rings is 2. The highest BCUT2D eigenvalue weighted by Gasteiger charge is 2.43. The topological polar surface area (TPSA) is 0 Å². The Morgan fingerprint density at radius 2 is 0.974 bits per heavy atom. The van der Waals surface area contributed by atoms with E-state index in [4.69, 9.17) is 0 Å². The van der Waals surface area contributed by atoms with Crippen LogP contribution >= 0.6 is 0 Å². The van der Waals surface area contributed by atoms with Crippen molar-refractivity contribution < 1.29 is 0 Å². The zero-order valence-corrected chi connectivity index (χ0v) is 26.3. The quantitative estimate of drug-likeness (QED) is 0.216. The van der Waals surface area contributed by atoms with E-state index in [-0.39, 0.29) is 5.41 Å². The van der Waals surface area contributed by atoms with Crippen LogP contribution in [-0.2, 0) is 5.41 Å². The van der Waals surface area contributed by atoms with Crippen molar-refractivity contribution in [2.24, 2.45) is 23.7 Å². The van der Waals surface area contributed by atoms with Crippen LogP contribution in [0.4, 0.5) is 0 Å². The van der Waals surface area contributed by atoms with Crippen LogP contribution in [0.5, 0.6) is 0 Å². The summed E-state index contributed by atoms with van der Waals surface area (Å²) in [6, 6.07) is 14.0. The van der Waals surface area contributed by atoms with Crippen molar-refractivity contribution in [1.82, 2.24) is 0 Å². The zero-order chi connectivity index (χ0) is 28.4. The molecule has 0 radical (unpaired) electrons. The summed E-state index contributed by atoms with van der Waals surface area (Å²) in [5.74, 6) is 16.1. The summed E-state index contributed by atoms with van der Waals surface area (Å²) in [7, 11) is 0. The first kappa shape index (κ1) is 31.1. The lowest BCUT2D eigenvalue weighted by Crippen LogP contribution is -2.27. The van der Waals surface area contributed by atoms with Crippen LogP contribution in [0.25, 0.3) is 11.1 Å². The first-order valence-corrected chi connectivity index (χ1v) is 15.8. The van der Waals surface area contributed by atoms with E-state index in [0.29, 0.717) is 0 Å². The molecule has 0 aliphatic heterocycles. The summed E-state index contributed by atoms with van der Waals surface area (Å²) in [5.41, 5.74) is 8.21. The Morgan fingerprint density at radius 1 is 0.564 bits per heavy atom. The van der Waals surface area contributed by atoms with Gasteiger partial charge >= 0.3 is 0 Å². The van der Waals surface area contributed by atoms with E-state index in [1.807, 2.05) is 13.8 Å². The Bertz CT molecular complexity index is 1090. The van der Waals surface area contributed by atoms with E-state index in [9.17, 15) is 0 Å². The minimum atomic E-state index is 0.0418. The summed E-state index contributed by atoms with van der Waals surface area (Å²) in [5, 5.41) is 0. The standard InChI is InChI=1S/C39H54/c1-9-13-33-19-21-35-36-22-20-34(14-10-2)28-38(36)39(37(35)27-33,25-23-31(7)17-11-15-29(3)4)26-24-32(8)18-12-16-30(5)6/h19-22,27-32H,11-12,15-18,23-26H2,1-8H3. The summed E-state index contributed by atoms with van der Waals surface area (Å²) in [6.07, 6.45) is 13.0. The van der Waals surface area contributed by atoms with E-state index in [1.54, 1.807) is 0 Å². The lowest BCUT2D eigenvalue weighted by atomic mass is 9.68. The molecule has 0 bridgehead atoms. The van der Waals surface area contributed by atoms with Gasteiger partial charge in [-0.3, -0.25) is 0 Å². The molecule has 0 spiro atoms. The molecule has 39 heavy (non-hydrogen) atoms. The molecule has 2 unspecified atom stereocenters. The third-order valence-electron chi connectivity index (χ3n) is 8.98. The van der Waals surface area contributed by atoms with Crippen LogP contribution in [0.15, 0.2) is 36.4 Å². The molecule has 2 atom stereocenters. The fourth-order valence-corrected chi connectivity index (χ4v) is 6.63. The van der Waals surface area contributed by atoms with Gasteiger partial charge in [0.15, 0.2) is 0 Å². The van der Waals surface area contributed by atoms with Gasteiger partial charge in [-0.05, 0) is 110 Å². The predicted molar refractivity (Wildman–Crippen MR) is 172 cm³/mol. The lowest BCUT2D eigenvalue weighted by molar-refractivity contribution is 0.327. The van der Waals surface area contributed by atoms with Crippen molar-refractivity contribution >= 4 is 0 Å². The monoisotopic (exact) mass is 522 g/mol. The molecule has 0 heterocycles. The van der Waals surface area contributed by atoms with Crippen LogP contribution in [0.1, 0.15) is 142 Å². The summed E-state index contributed by atoms with van der Waals surface area (Å²) >= 11 is 0. The van der Waals surface area contributed by atoms with E-state index >= 15 is 0 Å². The van der Waals surface area contributed by atoms with Gasteiger partial charge in [0, 0.05) is 16.5 Å². The maximum atomic E-state index is 3.37. The summed E-state index contributed by atoms with van der Waals surface area (Å²) in [4.78, 5) is 0. The molecule has 0 fully saturated rings. The Hall–Kier alpha value is -2.44. The van der Waals surface area contributed by atoms with Crippen molar-refractivity contribution in [3.05, 3.63) is 58.7 Å². The molecule has 2 aromatic carbocycles. The highest BCUT2D eigenvalue weighted by molar-refractivity contribution is 5.82. The lowest BCUT2D eigenvalue weighted by Gasteiger charge is -2.35. The maximum Gasteiger partial charge on any atom is 0.0248 e. The van der Waals surface area contributed by atoms with Gasteiger partial charge in [0.25, 0.3) is 0 Å². The molecule has 0 amide bonds. The Labute approximate surface area is 241 Å². The molecule has 3 rings (SSSR count). The van der Waals surface area contributed by atoms with Gasteiger partial charge in [-0.15, -0.1) is 11.8 Å². The normalized spacial score (nSPS) is 14.7. The van der Waals surface area contributed by atoms with Crippen molar-refractivity contribution in [2.75, 3.05) is 0 Å². The van der Waals surface area contributed by atoms with Crippen LogP contribution in [0.2, 0.25) is 0 Å². The predicted octanol–water partition coefficient (Wildman–Crippen LogP) is 11.2. The first-order chi connectivity index (χ1) is 18.7. The SMILES string of the molecule is CC#Cc1ccc2c(c1)C(CCC(C)CCCC(C)C)(CCC(C)CCCC(C)C)c1cc(C#CC)ccc1-2. The van der Waals surface area contributed by atoms with Gasteiger partial charge in [-0.25, -0.2) is 0 Å². The Balaban J connectivity index is 2.01. The van der Waals surface area contributed by atoms with Crippen molar-refractivity contribution in [3.8, 4) is 34.8 Å². The molecule has 0 saturated heterocycles. The number of hydrogen-bond donors (Lipinski definition) is 0. The van der Waals surface area contributed by atoms with Crippen molar-refractivity contribution in [3.63, 3.8) is 0 Å². The third kappa shape index (κ3) is 8.28. The van der Waals surface area contributed by atoms with Gasteiger partial charge in [-0.2, -0.15) is 0 Å². The number of rotatable bonds is 14. The van der Waals surface area contributed by atoms with Gasteiger partial charge in [0.2, 0.25) is 0 Å². The summed E-state index contributed by atoms with van der Waals surface area (Å²) in [6.45, 7) is 18.3. The molecule has 1 aliphatic rings. The largest absolute Gasteiger partial charge is 0.101 e. The number of fused-ring (bicyclic) bond motifs is 3. The molecule has 1 aliphatic carbocycles. The van der Waals surface area contributed by atoms with Gasteiger partial charge in [0.05, 0.1) is 0 Å². The zero-order valence-electron chi connectivity index (χ0n) is 26.3. The van der Waals surface area contributed by atoms with Crippen molar-refractivity contribution in [2.45, 2.75) is 125 Å². The molecule has 2 aromatic rings. The van der Waals surface area contributed by atoms with Gasteiger partial charge in [0.1, 0.15) is 0 Å². The fraction of sp³-hybridized carbons (Fsp3) is 0.590. The molecule has 0 nitrogen and oxygen atoms in total. The minimum Gasteiger partial charge on any atom is -0.101 e. The third-order valence-corrected chi connectivity index (χ3v) is 8.98. The van der Waals surface area contributed by atoms with Gasteiger partial charge < -0.3 is 0 Å². The van der Waals surface area contributed by atoms with Gasteiger partial charge in [-0.1, -0.05) is 104 Å². The van der Waals surface area contributed by atoms with Crippen molar-refractivity contribution in [1.29, 1.82) is 0 Å². The second kappa shape index (κ2) is 14.8. The molecule has 0 N–H and O–H groups in total. The molecule has 210 valence electrons. The Morgan fingerprint density at radius 3 is 1.33 bits per heavy atom. The maximum absolute atomic E-state index is 3.37. The fourth-order valence-electron chi connectivity index (χ4n) is 6.63. The Kier molecular flexibility index (Phi) is 11.8. The minimum absolute atomic E-state index is 0.0418. The van der Waals surface area contributed by atoms with E-state index in [1.165, 1.54) is 86.5 Å². The molecular weight excluding hydrogens is 468 g/mol. The molecular formula is C39H54. The average Bonchev–Trinajstić information content (AvgIpc) is 3.15. The first-order valence-electron chi connectivity index (χ1n) is 15.8. The van der Waals surface area contributed by atoms with Crippen LogP contribution < -0.4 is 0 Å². The second-order valence-corrected chi connectivity index (χ2v) is 13.3.